The number of carbonyl (C=O) groups excluding carboxylic acids is 1. The first-order valence-corrected chi connectivity index (χ1v) is 9.26. The van der Waals surface area contributed by atoms with Gasteiger partial charge in [-0.1, -0.05) is 0 Å². The topological polar surface area (TPSA) is 60.0 Å². The zero-order valence-corrected chi connectivity index (χ0v) is 15.4. The maximum atomic E-state index is 12.4. The first-order valence-electron chi connectivity index (χ1n) is 9.26. The summed E-state index contributed by atoms with van der Waals surface area (Å²) in [4.78, 5) is 14.7. The number of methoxy groups -OCH3 is 1. The number of rotatable bonds is 4. The Bertz CT molecular complexity index is 773. The molecule has 142 valence electrons. The van der Waals surface area contributed by atoms with E-state index >= 15 is 0 Å². The number of hydrogen-bond donors (Lipinski definition) is 1. The Morgan fingerprint density at radius 3 is 2.22 bits per heavy atom. The predicted octanol–water partition coefficient (Wildman–Crippen LogP) is 3.29. The molecule has 1 amide bonds. The Morgan fingerprint density at radius 1 is 1.00 bits per heavy atom. The molecular formula is C21H24N2O4. The summed E-state index contributed by atoms with van der Waals surface area (Å²) in [6, 6.07) is 15.0. The SMILES string of the molecule is COc1ccc(C(=O)Nc2ccc(N3CCC4(CC3)OCCO4)cc2)cc1. The van der Waals surface area contributed by atoms with E-state index in [0.29, 0.717) is 18.8 Å². The minimum Gasteiger partial charge on any atom is -0.497 e. The molecule has 0 aliphatic carbocycles. The molecule has 27 heavy (non-hydrogen) atoms. The lowest BCUT2D eigenvalue weighted by atomic mass is 10.0. The number of nitrogens with zero attached hydrogens (tertiary/aromatic N) is 1. The fourth-order valence-corrected chi connectivity index (χ4v) is 3.59. The van der Waals surface area contributed by atoms with Gasteiger partial charge in [-0.25, -0.2) is 0 Å². The molecule has 0 saturated carbocycles. The van der Waals surface area contributed by atoms with Crippen LogP contribution in [0.3, 0.4) is 0 Å². The average Bonchev–Trinajstić information content (AvgIpc) is 3.17. The van der Waals surface area contributed by atoms with Crippen molar-refractivity contribution in [2.24, 2.45) is 0 Å². The van der Waals surface area contributed by atoms with Gasteiger partial charge in [-0.15, -0.1) is 0 Å². The number of hydrogen-bond acceptors (Lipinski definition) is 5. The molecule has 2 fully saturated rings. The van der Waals surface area contributed by atoms with Crippen LogP contribution >= 0.6 is 0 Å². The van der Waals surface area contributed by atoms with E-state index in [-0.39, 0.29) is 11.7 Å². The second-order valence-electron chi connectivity index (χ2n) is 6.82. The van der Waals surface area contributed by atoms with E-state index in [1.165, 1.54) is 0 Å². The Morgan fingerprint density at radius 2 is 1.63 bits per heavy atom. The van der Waals surface area contributed by atoms with Gasteiger partial charge in [0.05, 0.1) is 20.3 Å². The summed E-state index contributed by atoms with van der Waals surface area (Å²) in [5.74, 6) is 0.233. The number of carbonyl (C=O) groups is 1. The van der Waals surface area contributed by atoms with Crippen molar-refractivity contribution in [1.82, 2.24) is 0 Å². The van der Waals surface area contributed by atoms with Gasteiger partial charge in [0.1, 0.15) is 5.75 Å². The van der Waals surface area contributed by atoms with E-state index in [1.54, 1.807) is 31.4 Å². The molecule has 2 aliphatic heterocycles. The van der Waals surface area contributed by atoms with Crippen LogP contribution in [0.2, 0.25) is 0 Å². The molecule has 2 aliphatic rings. The number of piperidine rings is 1. The average molecular weight is 368 g/mol. The summed E-state index contributed by atoms with van der Waals surface area (Å²) in [6.07, 6.45) is 1.76. The lowest BCUT2D eigenvalue weighted by Gasteiger charge is -2.38. The van der Waals surface area contributed by atoms with Crippen molar-refractivity contribution in [3.05, 3.63) is 54.1 Å². The second-order valence-corrected chi connectivity index (χ2v) is 6.82. The molecular weight excluding hydrogens is 344 g/mol. The summed E-state index contributed by atoms with van der Waals surface area (Å²) < 4.78 is 16.7. The molecule has 0 unspecified atom stereocenters. The fourth-order valence-electron chi connectivity index (χ4n) is 3.59. The molecule has 1 spiro atoms. The summed E-state index contributed by atoms with van der Waals surface area (Å²) >= 11 is 0. The monoisotopic (exact) mass is 368 g/mol. The summed E-state index contributed by atoms with van der Waals surface area (Å²) in [5.41, 5.74) is 2.51. The second kappa shape index (κ2) is 7.58. The van der Waals surface area contributed by atoms with Crippen LogP contribution in [0, 0.1) is 0 Å². The zero-order valence-electron chi connectivity index (χ0n) is 15.4. The molecule has 2 heterocycles. The van der Waals surface area contributed by atoms with Crippen LogP contribution in [0.1, 0.15) is 23.2 Å². The first kappa shape index (κ1) is 17.8. The molecule has 2 saturated heterocycles. The third-order valence-electron chi connectivity index (χ3n) is 5.18. The normalized spacial score (nSPS) is 18.5. The molecule has 2 aromatic rings. The van der Waals surface area contributed by atoms with E-state index in [9.17, 15) is 4.79 Å². The molecule has 1 N–H and O–H groups in total. The van der Waals surface area contributed by atoms with Crippen molar-refractivity contribution >= 4 is 17.3 Å². The Balaban J connectivity index is 1.35. The lowest BCUT2D eigenvalue weighted by molar-refractivity contribution is -0.169. The van der Waals surface area contributed by atoms with Crippen molar-refractivity contribution < 1.29 is 19.0 Å². The number of ether oxygens (including phenoxy) is 3. The summed E-state index contributed by atoms with van der Waals surface area (Å²) in [5, 5.41) is 2.93. The predicted molar refractivity (Wildman–Crippen MR) is 103 cm³/mol. The van der Waals surface area contributed by atoms with Gasteiger partial charge in [-0.2, -0.15) is 0 Å². The van der Waals surface area contributed by atoms with Gasteiger partial charge in [-0.05, 0) is 48.5 Å². The zero-order chi connectivity index (χ0) is 18.7. The molecule has 6 nitrogen and oxygen atoms in total. The number of benzene rings is 2. The van der Waals surface area contributed by atoms with Crippen molar-refractivity contribution in [2.45, 2.75) is 18.6 Å². The molecule has 4 rings (SSSR count). The molecule has 0 atom stereocenters. The van der Waals surface area contributed by atoms with E-state index < -0.39 is 0 Å². The Hall–Kier alpha value is -2.57. The number of anilines is 2. The minimum absolute atomic E-state index is 0.138. The highest BCUT2D eigenvalue weighted by Gasteiger charge is 2.39. The van der Waals surface area contributed by atoms with Crippen LogP contribution in [0.5, 0.6) is 5.75 Å². The van der Waals surface area contributed by atoms with Crippen LogP contribution < -0.4 is 15.0 Å². The fraction of sp³-hybridized carbons (Fsp3) is 0.381. The van der Waals surface area contributed by atoms with Gasteiger partial charge in [0.2, 0.25) is 0 Å². The Labute approximate surface area is 159 Å². The van der Waals surface area contributed by atoms with Crippen molar-refractivity contribution in [3.63, 3.8) is 0 Å². The van der Waals surface area contributed by atoms with E-state index in [0.717, 1.165) is 43.1 Å². The highest BCUT2D eigenvalue weighted by molar-refractivity contribution is 6.04. The quantitative estimate of drug-likeness (QED) is 0.897. The third-order valence-corrected chi connectivity index (χ3v) is 5.18. The maximum absolute atomic E-state index is 12.4. The molecule has 0 radical (unpaired) electrons. The van der Waals surface area contributed by atoms with E-state index in [1.807, 2.05) is 24.3 Å². The van der Waals surface area contributed by atoms with E-state index in [4.69, 9.17) is 14.2 Å². The van der Waals surface area contributed by atoms with Crippen LogP contribution in [-0.2, 0) is 9.47 Å². The van der Waals surface area contributed by atoms with Crippen LogP contribution in [-0.4, -0.2) is 45.1 Å². The van der Waals surface area contributed by atoms with Crippen molar-refractivity contribution in [2.75, 3.05) is 43.6 Å². The van der Waals surface area contributed by atoms with Gasteiger partial charge in [0.15, 0.2) is 5.79 Å². The number of amides is 1. The highest BCUT2D eigenvalue weighted by atomic mass is 16.7. The number of nitrogens with one attached hydrogen (secondary N) is 1. The van der Waals surface area contributed by atoms with Gasteiger partial charge >= 0.3 is 0 Å². The van der Waals surface area contributed by atoms with Crippen LogP contribution in [0.25, 0.3) is 0 Å². The summed E-state index contributed by atoms with van der Waals surface area (Å²) in [7, 11) is 1.60. The van der Waals surface area contributed by atoms with Crippen LogP contribution in [0.15, 0.2) is 48.5 Å². The van der Waals surface area contributed by atoms with E-state index in [2.05, 4.69) is 10.2 Å². The largest absolute Gasteiger partial charge is 0.497 e. The smallest absolute Gasteiger partial charge is 0.255 e. The maximum Gasteiger partial charge on any atom is 0.255 e. The Kier molecular flexibility index (Phi) is 5.01. The summed E-state index contributed by atoms with van der Waals surface area (Å²) in [6.45, 7) is 3.19. The van der Waals surface area contributed by atoms with Crippen molar-refractivity contribution in [3.8, 4) is 5.75 Å². The van der Waals surface area contributed by atoms with Gasteiger partial charge < -0.3 is 24.4 Å². The van der Waals surface area contributed by atoms with Crippen molar-refractivity contribution in [1.29, 1.82) is 0 Å². The third kappa shape index (κ3) is 3.91. The molecule has 0 aromatic heterocycles. The minimum atomic E-state index is -0.358. The highest BCUT2D eigenvalue weighted by Crippen LogP contribution is 2.33. The molecule has 2 aromatic carbocycles. The van der Waals surface area contributed by atoms with Gasteiger partial charge in [0, 0.05) is 42.9 Å². The first-order chi connectivity index (χ1) is 13.2. The molecule has 0 bridgehead atoms. The van der Waals surface area contributed by atoms with Gasteiger partial charge in [0.25, 0.3) is 5.91 Å². The lowest BCUT2D eigenvalue weighted by Crippen LogP contribution is -2.45. The standard InChI is InChI=1S/C21H24N2O4/c1-25-19-8-2-16(3-9-19)20(24)22-17-4-6-18(7-5-17)23-12-10-21(11-13-23)26-14-15-27-21/h2-9H,10-15H2,1H3,(H,22,24). The van der Waals surface area contributed by atoms with Crippen LogP contribution in [0.4, 0.5) is 11.4 Å². The molecule has 6 heteroatoms. The van der Waals surface area contributed by atoms with Gasteiger partial charge in [-0.3, -0.25) is 4.79 Å².